The van der Waals surface area contributed by atoms with Gasteiger partial charge in [0.05, 0.1) is 5.70 Å². The van der Waals surface area contributed by atoms with Crippen molar-refractivity contribution in [3.8, 4) is 0 Å². The number of aromatic nitrogens is 2. The first-order valence-electron chi connectivity index (χ1n) is 10.9. The van der Waals surface area contributed by atoms with Crippen LogP contribution in [-0.4, -0.2) is 33.9 Å². The van der Waals surface area contributed by atoms with Crippen LogP contribution in [-0.2, 0) is 13.0 Å². The van der Waals surface area contributed by atoms with Gasteiger partial charge in [0.1, 0.15) is 11.3 Å². The Kier molecular flexibility index (Phi) is 6.05. The van der Waals surface area contributed by atoms with Crippen LogP contribution in [0.15, 0.2) is 61.9 Å². The second kappa shape index (κ2) is 8.88. The molecule has 0 radical (unpaired) electrons. The Morgan fingerprint density at radius 2 is 1.93 bits per heavy atom. The summed E-state index contributed by atoms with van der Waals surface area (Å²) in [5, 5.41) is 3.50. The molecule has 0 aliphatic carbocycles. The number of allylic oxidation sites excluding steroid dienone is 1. The lowest BCUT2D eigenvalue weighted by molar-refractivity contribution is 0.220. The SMILES string of the molecule is C=C(CC)c1ccc2nc(C(=C)NCC(C)CN3CCc4ccccc4C3)cn2c1. The van der Waals surface area contributed by atoms with Crippen molar-refractivity contribution in [2.24, 2.45) is 5.92 Å². The third-order valence-corrected chi connectivity index (χ3v) is 6.04. The minimum atomic E-state index is 0.531. The van der Waals surface area contributed by atoms with Gasteiger partial charge in [-0.2, -0.15) is 0 Å². The topological polar surface area (TPSA) is 32.6 Å². The van der Waals surface area contributed by atoms with Crippen molar-refractivity contribution in [2.45, 2.75) is 33.2 Å². The number of nitrogens with zero attached hydrogens (tertiary/aromatic N) is 3. The molecule has 4 rings (SSSR count). The van der Waals surface area contributed by atoms with E-state index >= 15 is 0 Å². The van der Waals surface area contributed by atoms with Crippen LogP contribution in [0.4, 0.5) is 0 Å². The summed E-state index contributed by atoms with van der Waals surface area (Å²) in [7, 11) is 0. The molecule has 1 aliphatic heterocycles. The summed E-state index contributed by atoms with van der Waals surface area (Å²) in [5.74, 6) is 0.531. The summed E-state index contributed by atoms with van der Waals surface area (Å²) in [6.45, 7) is 17.0. The molecular weight excluding hydrogens is 368 g/mol. The van der Waals surface area contributed by atoms with E-state index in [9.17, 15) is 0 Å². The van der Waals surface area contributed by atoms with E-state index in [4.69, 9.17) is 4.98 Å². The van der Waals surface area contributed by atoms with Crippen LogP contribution in [0.2, 0.25) is 0 Å². The fourth-order valence-electron chi connectivity index (χ4n) is 4.15. The number of hydrogen-bond donors (Lipinski definition) is 1. The van der Waals surface area contributed by atoms with E-state index in [1.54, 1.807) is 0 Å². The Balaban J connectivity index is 1.32. The molecule has 1 aliphatic rings. The van der Waals surface area contributed by atoms with E-state index in [1.165, 1.54) is 11.1 Å². The van der Waals surface area contributed by atoms with Gasteiger partial charge in [-0.05, 0) is 53.2 Å². The summed E-state index contributed by atoms with van der Waals surface area (Å²) in [6, 6.07) is 12.9. The Hall–Kier alpha value is -2.85. The monoisotopic (exact) mass is 400 g/mol. The average molecular weight is 401 g/mol. The lowest BCUT2D eigenvalue weighted by Gasteiger charge is -2.31. The highest BCUT2D eigenvalue weighted by Crippen LogP contribution is 2.20. The van der Waals surface area contributed by atoms with Crippen molar-refractivity contribution >= 4 is 16.9 Å². The number of benzene rings is 1. The Morgan fingerprint density at radius 1 is 1.13 bits per heavy atom. The second-order valence-electron chi connectivity index (χ2n) is 8.48. The molecule has 156 valence electrons. The van der Waals surface area contributed by atoms with Gasteiger partial charge in [-0.25, -0.2) is 4.98 Å². The maximum atomic E-state index is 4.72. The first-order valence-corrected chi connectivity index (χ1v) is 10.9. The molecule has 1 unspecified atom stereocenters. The molecule has 3 heterocycles. The van der Waals surface area contributed by atoms with E-state index in [2.05, 4.69) is 78.2 Å². The van der Waals surface area contributed by atoms with E-state index in [0.29, 0.717) is 5.92 Å². The Labute approximate surface area is 179 Å². The molecule has 3 aromatic rings. The van der Waals surface area contributed by atoms with Crippen molar-refractivity contribution in [3.05, 3.63) is 84.3 Å². The summed E-state index contributed by atoms with van der Waals surface area (Å²) >= 11 is 0. The lowest BCUT2D eigenvalue weighted by Crippen LogP contribution is -2.36. The fourth-order valence-corrected chi connectivity index (χ4v) is 4.15. The van der Waals surface area contributed by atoms with E-state index in [1.807, 2.05) is 12.3 Å². The zero-order chi connectivity index (χ0) is 21.1. The molecule has 0 saturated heterocycles. The highest BCUT2D eigenvalue weighted by molar-refractivity contribution is 5.66. The Morgan fingerprint density at radius 3 is 2.73 bits per heavy atom. The van der Waals surface area contributed by atoms with Crippen LogP contribution in [0.3, 0.4) is 0 Å². The molecule has 30 heavy (non-hydrogen) atoms. The zero-order valence-electron chi connectivity index (χ0n) is 18.2. The van der Waals surface area contributed by atoms with Crippen molar-refractivity contribution in [2.75, 3.05) is 19.6 Å². The smallest absolute Gasteiger partial charge is 0.137 e. The highest BCUT2D eigenvalue weighted by Gasteiger charge is 2.18. The molecule has 0 spiro atoms. The predicted octanol–water partition coefficient (Wildman–Crippen LogP) is 5.01. The van der Waals surface area contributed by atoms with Crippen molar-refractivity contribution < 1.29 is 0 Å². The highest BCUT2D eigenvalue weighted by atomic mass is 15.1. The van der Waals surface area contributed by atoms with Gasteiger partial charge in [0.15, 0.2) is 0 Å². The van der Waals surface area contributed by atoms with Crippen molar-refractivity contribution in [1.82, 2.24) is 19.6 Å². The third kappa shape index (κ3) is 4.49. The third-order valence-electron chi connectivity index (χ3n) is 6.04. The normalized spacial score (nSPS) is 15.0. The molecule has 4 nitrogen and oxygen atoms in total. The average Bonchev–Trinajstić information content (AvgIpc) is 3.20. The van der Waals surface area contributed by atoms with Gasteiger partial charge in [-0.15, -0.1) is 0 Å². The van der Waals surface area contributed by atoms with E-state index in [-0.39, 0.29) is 0 Å². The van der Waals surface area contributed by atoms with Crippen LogP contribution < -0.4 is 5.32 Å². The van der Waals surface area contributed by atoms with Crippen LogP contribution >= 0.6 is 0 Å². The molecule has 0 amide bonds. The maximum absolute atomic E-state index is 4.72. The van der Waals surface area contributed by atoms with Crippen LogP contribution in [0, 0.1) is 5.92 Å². The molecule has 0 fully saturated rings. The van der Waals surface area contributed by atoms with Gasteiger partial charge in [0.25, 0.3) is 0 Å². The number of hydrogen-bond acceptors (Lipinski definition) is 3. The minimum absolute atomic E-state index is 0.531. The predicted molar refractivity (Wildman–Crippen MR) is 126 cm³/mol. The summed E-state index contributed by atoms with van der Waals surface area (Å²) in [5.41, 5.74) is 7.98. The molecular formula is C26H32N4. The van der Waals surface area contributed by atoms with E-state index in [0.717, 1.165) is 67.2 Å². The van der Waals surface area contributed by atoms with Gasteiger partial charge in [0, 0.05) is 38.6 Å². The van der Waals surface area contributed by atoms with E-state index < -0.39 is 0 Å². The molecule has 4 heteroatoms. The maximum Gasteiger partial charge on any atom is 0.137 e. The number of pyridine rings is 1. The van der Waals surface area contributed by atoms with Crippen LogP contribution in [0.25, 0.3) is 16.9 Å². The van der Waals surface area contributed by atoms with Gasteiger partial charge >= 0.3 is 0 Å². The van der Waals surface area contributed by atoms with Crippen molar-refractivity contribution in [3.63, 3.8) is 0 Å². The summed E-state index contributed by atoms with van der Waals surface area (Å²) in [6.07, 6.45) is 6.24. The van der Waals surface area contributed by atoms with Gasteiger partial charge in [-0.3, -0.25) is 4.90 Å². The number of fused-ring (bicyclic) bond motifs is 2. The van der Waals surface area contributed by atoms with Gasteiger partial charge < -0.3 is 9.72 Å². The van der Waals surface area contributed by atoms with Crippen LogP contribution in [0.1, 0.15) is 42.7 Å². The first-order chi connectivity index (χ1) is 14.5. The number of nitrogens with one attached hydrogen (secondary N) is 1. The molecule has 2 aromatic heterocycles. The van der Waals surface area contributed by atoms with Gasteiger partial charge in [0.2, 0.25) is 0 Å². The minimum Gasteiger partial charge on any atom is -0.383 e. The standard InChI is InChI=1S/C26H32N4/c1-5-20(3)23-10-11-26-28-25(18-30(26)17-23)21(4)27-14-19(2)15-29-13-12-22-8-6-7-9-24(22)16-29/h6-11,17-19,27H,3-5,12-16H2,1-2H3. The molecule has 1 atom stereocenters. The Bertz CT molecular complexity index is 1060. The fraction of sp³-hybridized carbons (Fsp3) is 0.346. The van der Waals surface area contributed by atoms with Crippen molar-refractivity contribution in [1.29, 1.82) is 0 Å². The summed E-state index contributed by atoms with van der Waals surface area (Å²) in [4.78, 5) is 7.28. The number of rotatable bonds is 8. The second-order valence-corrected chi connectivity index (χ2v) is 8.48. The quantitative estimate of drug-likeness (QED) is 0.577. The first kappa shape index (κ1) is 20.4. The number of imidazole rings is 1. The largest absolute Gasteiger partial charge is 0.383 e. The molecule has 0 bridgehead atoms. The lowest BCUT2D eigenvalue weighted by atomic mass is 9.99. The molecule has 0 saturated carbocycles. The zero-order valence-corrected chi connectivity index (χ0v) is 18.2. The molecule has 1 N–H and O–H groups in total. The molecule has 1 aromatic carbocycles. The van der Waals surface area contributed by atoms with Crippen LogP contribution in [0.5, 0.6) is 0 Å². The van der Waals surface area contributed by atoms with Gasteiger partial charge in [-0.1, -0.05) is 51.3 Å². The summed E-state index contributed by atoms with van der Waals surface area (Å²) < 4.78 is 2.06.